The summed E-state index contributed by atoms with van der Waals surface area (Å²) < 4.78 is 13.1. The standard InChI is InChI=1S/C15H15ClFN/c1-2-15(11-6-4-3-5-7-11)18-12-8-9-14(17)13(16)10-12/h3-10,15,18H,2H2,1H3. The van der Waals surface area contributed by atoms with E-state index in [4.69, 9.17) is 11.6 Å². The first-order valence-electron chi connectivity index (χ1n) is 5.97. The normalized spacial score (nSPS) is 12.2. The molecule has 1 unspecified atom stereocenters. The third-order valence-electron chi connectivity index (χ3n) is 2.87. The first kappa shape index (κ1) is 12.9. The molecule has 18 heavy (non-hydrogen) atoms. The van der Waals surface area contributed by atoms with Crippen LogP contribution in [-0.4, -0.2) is 0 Å². The zero-order valence-corrected chi connectivity index (χ0v) is 10.9. The fourth-order valence-electron chi connectivity index (χ4n) is 1.89. The SMILES string of the molecule is CCC(Nc1ccc(F)c(Cl)c1)c1ccccc1. The number of hydrogen-bond acceptors (Lipinski definition) is 1. The van der Waals surface area contributed by atoms with Crippen LogP contribution in [0.15, 0.2) is 48.5 Å². The molecule has 1 nitrogen and oxygen atoms in total. The van der Waals surface area contributed by atoms with E-state index in [0.717, 1.165) is 12.1 Å². The molecule has 2 rings (SSSR count). The van der Waals surface area contributed by atoms with Crippen molar-refractivity contribution in [3.05, 3.63) is 64.9 Å². The molecule has 0 heterocycles. The lowest BCUT2D eigenvalue weighted by molar-refractivity contribution is 0.628. The van der Waals surface area contributed by atoms with Crippen molar-refractivity contribution < 1.29 is 4.39 Å². The first-order valence-corrected chi connectivity index (χ1v) is 6.35. The minimum absolute atomic E-state index is 0.142. The van der Waals surface area contributed by atoms with Gasteiger partial charge in [0.15, 0.2) is 0 Å². The van der Waals surface area contributed by atoms with Crippen LogP contribution in [0.1, 0.15) is 24.9 Å². The van der Waals surface area contributed by atoms with E-state index in [1.165, 1.54) is 11.6 Å². The second-order valence-corrected chi connectivity index (χ2v) is 4.55. The average Bonchev–Trinajstić information content (AvgIpc) is 2.41. The molecular formula is C15H15ClFN. The summed E-state index contributed by atoms with van der Waals surface area (Å²) in [7, 11) is 0. The van der Waals surface area contributed by atoms with Gasteiger partial charge in [-0.15, -0.1) is 0 Å². The summed E-state index contributed by atoms with van der Waals surface area (Å²) in [4.78, 5) is 0. The molecule has 1 atom stereocenters. The van der Waals surface area contributed by atoms with Gasteiger partial charge in [0.2, 0.25) is 0 Å². The van der Waals surface area contributed by atoms with E-state index in [0.29, 0.717) is 0 Å². The van der Waals surface area contributed by atoms with Crippen molar-refractivity contribution in [2.75, 3.05) is 5.32 Å². The van der Waals surface area contributed by atoms with E-state index in [-0.39, 0.29) is 11.1 Å². The molecule has 1 N–H and O–H groups in total. The maximum absolute atomic E-state index is 13.1. The predicted molar refractivity (Wildman–Crippen MR) is 74.5 cm³/mol. The van der Waals surface area contributed by atoms with Crippen molar-refractivity contribution in [2.45, 2.75) is 19.4 Å². The Morgan fingerprint density at radius 3 is 2.50 bits per heavy atom. The third-order valence-corrected chi connectivity index (χ3v) is 3.16. The van der Waals surface area contributed by atoms with Crippen LogP contribution in [0.2, 0.25) is 5.02 Å². The van der Waals surface area contributed by atoms with E-state index in [1.54, 1.807) is 12.1 Å². The van der Waals surface area contributed by atoms with Crippen molar-refractivity contribution in [1.82, 2.24) is 0 Å². The Bertz CT molecular complexity index is 513. The van der Waals surface area contributed by atoms with Gasteiger partial charge in [-0.2, -0.15) is 0 Å². The predicted octanol–water partition coefficient (Wildman–Crippen LogP) is 5.04. The van der Waals surface area contributed by atoms with Gasteiger partial charge >= 0.3 is 0 Å². The van der Waals surface area contributed by atoms with Gasteiger partial charge in [0.1, 0.15) is 5.82 Å². The highest BCUT2D eigenvalue weighted by molar-refractivity contribution is 6.31. The Kier molecular flexibility index (Phi) is 4.21. The zero-order chi connectivity index (χ0) is 13.0. The Morgan fingerprint density at radius 2 is 1.89 bits per heavy atom. The molecule has 0 spiro atoms. The van der Waals surface area contributed by atoms with Crippen molar-refractivity contribution in [1.29, 1.82) is 0 Å². The molecule has 0 aliphatic heterocycles. The maximum atomic E-state index is 13.1. The molecule has 0 saturated heterocycles. The molecule has 0 radical (unpaired) electrons. The fourth-order valence-corrected chi connectivity index (χ4v) is 2.07. The van der Waals surface area contributed by atoms with Gasteiger partial charge in [-0.3, -0.25) is 0 Å². The third kappa shape index (κ3) is 3.02. The lowest BCUT2D eigenvalue weighted by Gasteiger charge is -2.19. The molecular weight excluding hydrogens is 249 g/mol. The minimum atomic E-state index is -0.394. The molecule has 0 aliphatic rings. The second kappa shape index (κ2) is 5.87. The minimum Gasteiger partial charge on any atom is -0.378 e. The van der Waals surface area contributed by atoms with E-state index < -0.39 is 5.82 Å². The van der Waals surface area contributed by atoms with Crippen LogP contribution in [0, 0.1) is 5.82 Å². The van der Waals surface area contributed by atoms with E-state index >= 15 is 0 Å². The van der Waals surface area contributed by atoms with Crippen molar-refractivity contribution in [3.63, 3.8) is 0 Å². The zero-order valence-electron chi connectivity index (χ0n) is 10.2. The smallest absolute Gasteiger partial charge is 0.141 e. The van der Waals surface area contributed by atoms with Crippen LogP contribution in [0.4, 0.5) is 10.1 Å². The number of rotatable bonds is 4. The second-order valence-electron chi connectivity index (χ2n) is 4.14. The van der Waals surface area contributed by atoms with Crippen molar-refractivity contribution in [2.24, 2.45) is 0 Å². The van der Waals surface area contributed by atoms with Gasteiger partial charge in [-0.1, -0.05) is 48.9 Å². The number of benzene rings is 2. The monoisotopic (exact) mass is 263 g/mol. The van der Waals surface area contributed by atoms with Crippen LogP contribution >= 0.6 is 11.6 Å². The molecule has 2 aromatic carbocycles. The Hall–Kier alpha value is -1.54. The summed E-state index contributed by atoms with van der Waals surface area (Å²) in [5.41, 5.74) is 2.04. The number of anilines is 1. The Morgan fingerprint density at radius 1 is 1.17 bits per heavy atom. The maximum Gasteiger partial charge on any atom is 0.141 e. The van der Waals surface area contributed by atoms with Crippen molar-refractivity contribution >= 4 is 17.3 Å². The first-order chi connectivity index (χ1) is 8.70. The number of nitrogens with one attached hydrogen (secondary N) is 1. The summed E-state index contributed by atoms with van der Waals surface area (Å²) >= 11 is 5.77. The topological polar surface area (TPSA) is 12.0 Å². The largest absolute Gasteiger partial charge is 0.378 e. The van der Waals surface area contributed by atoms with Gasteiger partial charge < -0.3 is 5.32 Å². The van der Waals surface area contributed by atoms with E-state index in [1.807, 2.05) is 18.2 Å². The molecule has 0 aromatic heterocycles. The summed E-state index contributed by atoms with van der Waals surface area (Å²) in [6.45, 7) is 2.11. The Labute approximate surface area is 112 Å². The molecule has 0 fully saturated rings. The highest BCUT2D eigenvalue weighted by Crippen LogP contribution is 2.25. The fraction of sp³-hybridized carbons (Fsp3) is 0.200. The highest BCUT2D eigenvalue weighted by Gasteiger charge is 2.09. The van der Waals surface area contributed by atoms with Gasteiger partial charge in [-0.25, -0.2) is 4.39 Å². The number of hydrogen-bond donors (Lipinski definition) is 1. The van der Waals surface area contributed by atoms with E-state index in [9.17, 15) is 4.39 Å². The van der Waals surface area contributed by atoms with E-state index in [2.05, 4.69) is 24.4 Å². The Balaban J connectivity index is 2.18. The molecule has 0 aliphatic carbocycles. The van der Waals surface area contributed by atoms with Gasteiger partial charge in [0.25, 0.3) is 0 Å². The van der Waals surface area contributed by atoms with Gasteiger partial charge in [-0.05, 0) is 30.2 Å². The van der Waals surface area contributed by atoms with Crippen LogP contribution in [-0.2, 0) is 0 Å². The van der Waals surface area contributed by atoms with Crippen LogP contribution in [0.25, 0.3) is 0 Å². The quantitative estimate of drug-likeness (QED) is 0.815. The molecule has 3 heteroatoms. The molecule has 0 saturated carbocycles. The molecule has 2 aromatic rings. The highest BCUT2D eigenvalue weighted by atomic mass is 35.5. The van der Waals surface area contributed by atoms with Gasteiger partial charge in [0, 0.05) is 5.69 Å². The lowest BCUT2D eigenvalue weighted by atomic mass is 10.0. The van der Waals surface area contributed by atoms with Crippen molar-refractivity contribution in [3.8, 4) is 0 Å². The molecule has 94 valence electrons. The summed E-state index contributed by atoms with van der Waals surface area (Å²) in [6.07, 6.45) is 0.943. The summed E-state index contributed by atoms with van der Waals surface area (Å²) in [5.74, 6) is -0.394. The molecule has 0 bridgehead atoms. The summed E-state index contributed by atoms with van der Waals surface area (Å²) in [5, 5.41) is 3.50. The lowest BCUT2D eigenvalue weighted by Crippen LogP contribution is -2.09. The van der Waals surface area contributed by atoms with Crippen LogP contribution in [0.3, 0.4) is 0 Å². The van der Waals surface area contributed by atoms with Crippen LogP contribution < -0.4 is 5.32 Å². The van der Waals surface area contributed by atoms with Crippen LogP contribution in [0.5, 0.6) is 0 Å². The average molecular weight is 264 g/mol. The van der Waals surface area contributed by atoms with Gasteiger partial charge in [0.05, 0.1) is 11.1 Å². The summed E-state index contributed by atoms with van der Waals surface area (Å²) in [6, 6.07) is 15.1. The number of halogens is 2. The molecule has 0 amide bonds.